The van der Waals surface area contributed by atoms with Crippen molar-refractivity contribution < 1.29 is 0 Å². The van der Waals surface area contributed by atoms with E-state index in [1.54, 1.807) is 12.3 Å². The van der Waals surface area contributed by atoms with E-state index in [0.717, 1.165) is 0 Å². The van der Waals surface area contributed by atoms with Crippen LogP contribution < -0.4 is 11.1 Å². The normalized spacial score (nSPS) is 26.2. The summed E-state index contributed by atoms with van der Waals surface area (Å²) in [6, 6.07) is 0. The first-order valence-electron chi connectivity index (χ1n) is 2.43. The van der Waals surface area contributed by atoms with Crippen LogP contribution in [0.1, 0.15) is 0 Å². The highest BCUT2D eigenvalue weighted by atomic mass is 35.5. The van der Waals surface area contributed by atoms with Crippen LogP contribution in [0, 0.1) is 0 Å². The molecule has 0 aromatic heterocycles. The fraction of sp³-hybridized carbons (Fsp3) is 0.200. The minimum absolute atomic E-state index is 0.232. The summed E-state index contributed by atoms with van der Waals surface area (Å²) in [6.07, 6.45) is 3.22. The summed E-state index contributed by atoms with van der Waals surface area (Å²) in [5, 5.41) is 3.29. The van der Waals surface area contributed by atoms with Gasteiger partial charge in [-0.3, -0.25) is 0 Å². The Kier molecular flexibility index (Phi) is 1.88. The van der Waals surface area contributed by atoms with E-state index in [-0.39, 0.29) is 5.50 Å². The second-order valence-corrected chi connectivity index (χ2v) is 2.56. The Labute approximate surface area is 63.3 Å². The van der Waals surface area contributed by atoms with Crippen LogP contribution in [-0.2, 0) is 0 Å². The summed E-state index contributed by atoms with van der Waals surface area (Å²) in [7, 11) is 0. The molecular weight excluding hydrogens is 159 g/mol. The summed E-state index contributed by atoms with van der Waals surface area (Å²) >= 11 is 11.2. The number of halogens is 2. The van der Waals surface area contributed by atoms with Crippen LogP contribution in [-0.4, -0.2) is 5.50 Å². The summed E-state index contributed by atoms with van der Waals surface area (Å²) < 4.78 is 0. The Hall–Kier alpha value is -0.340. The summed E-state index contributed by atoms with van der Waals surface area (Å²) in [5.41, 5.74) is 5.67. The van der Waals surface area contributed by atoms with E-state index in [1.807, 2.05) is 0 Å². The molecule has 0 aromatic rings. The van der Waals surface area contributed by atoms with E-state index in [1.165, 1.54) is 0 Å². The molecule has 0 spiro atoms. The predicted octanol–water partition coefficient (Wildman–Crippen LogP) is 1.08. The number of allylic oxidation sites excluding steroid dienone is 1. The number of nitrogens with two attached hydrogens (primary N) is 1. The van der Waals surface area contributed by atoms with Gasteiger partial charge >= 0.3 is 0 Å². The fourth-order valence-electron chi connectivity index (χ4n) is 0.511. The van der Waals surface area contributed by atoms with Crippen LogP contribution in [0.25, 0.3) is 0 Å². The van der Waals surface area contributed by atoms with Crippen molar-refractivity contribution in [2.24, 2.45) is 5.73 Å². The highest BCUT2D eigenvalue weighted by Gasteiger charge is 2.06. The van der Waals surface area contributed by atoms with E-state index in [0.29, 0.717) is 10.7 Å². The van der Waals surface area contributed by atoms with Crippen LogP contribution in [0.5, 0.6) is 0 Å². The molecule has 1 aliphatic heterocycles. The van der Waals surface area contributed by atoms with Crippen molar-refractivity contribution >= 4 is 23.2 Å². The lowest BCUT2D eigenvalue weighted by molar-refractivity contribution is 0.881. The van der Waals surface area contributed by atoms with E-state index in [4.69, 9.17) is 28.9 Å². The smallest absolute Gasteiger partial charge is 0.121 e. The summed E-state index contributed by atoms with van der Waals surface area (Å²) in [4.78, 5) is 0. The van der Waals surface area contributed by atoms with Gasteiger partial charge in [-0.25, -0.2) is 0 Å². The van der Waals surface area contributed by atoms with Gasteiger partial charge < -0.3 is 11.1 Å². The fourth-order valence-corrected chi connectivity index (χ4v) is 0.945. The minimum Gasteiger partial charge on any atom is -0.396 e. The van der Waals surface area contributed by atoms with Crippen molar-refractivity contribution in [3.63, 3.8) is 0 Å². The Bertz CT molecular complexity index is 174. The molecule has 9 heavy (non-hydrogen) atoms. The highest BCUT2D eigenvalue weighted by molar-refractivity contribution is 6.33. The predicted molar refractivity (Wildman–Crippen MR) is 39.0 cm³/mol. The zero-order valence-corrected chi connectivity index (χ0v) is 6.08. The summed E-state index contributed by atoms with van der Waals surface area (Å²) in [6.45, 7) is 0. The molecule has 0 aliphatic carbocycles. The van der Waals surface area contributed by atoms with Crippen molar-refractivity contribution in [2.45, 2.75) is 5.50 Å². The van der Waals surface area contributed by atoms with Gasteiger partial charge in [0.1, 0.15) is 5.50 Å². The van der Waals surface area contributed by atoms with Gasteiger partial charge in [0.05, 0.1) is 10.7 Å². The van der Waals surface area contributed by atoms with Crippen molar-refractivity contribution in [1.29, 1.82) is 0 Å². The van der Waals surface area contributed by atoms with Gasteiger partial charge in [-0.15, -0.1) is 0 Å². The van der Waals surface area contributed by atoms with Crippen molar-refractivity contribution in [3.05, 3.63) is 23.0 Å². The molecule has 0 saturated heterocycles. The lowest BCUT2D eigenvalue weighted by Gasteiger charge is -2.12. The van der Waals surface area contributed by atoms with E-state index >= 15 is 0 Å². The molecule has 3 N–H and O–H groups in total. The van der Waals surface area contributed by atoms with E-state index in [9.17, 15) is 0 Å². The molecule has 1 atom stereocenters. The molecule has 2 nitrogen and oxygen atoms in total. The third-order valence-electron chi connectivity index (χ3n) is 0.966. The molecule has 1 unspecified atom stereocenters. The molecule has 0 saturated carbocycles. The average molecular weight is 165 g/mol. The Morgan fingerprint density at radius 3 is 2.78 bits per heavy atom. The number of alkyl halides is 1. The number of rotatable bonds is 0. The van der Waals surface area contributed by atoms with Crippen molar-refractivity contribution in [2.75, 3.05) is 0 Å². The van der Waals surface area contributed by atoms with Gasteiger partial charge in [0.2, 0.25) is 0 Å². The maximum atomic E-state index is 5.61. The van der Waals surface area contributed by atoms with Gasteiger partial charge in [-0.05, 0) is 6.08 Å². The maximum absolute atomic E-state index is 5.61. The SMILES string of the molecule is NC1=CNC(Cl)C=C1Cl. The van der Waals surface area contributed by atoms with E-state index in [2.05, 4.69) is 5.32 Å². The van der Waals surface area contributed by atoms with Crippen molar-refractivity contribution in [3.8, 4) is 0 Å². The largest absolute Gasteiger partial charge is 0.396 e. The zero-order chi connectivity index (χ0) is 6.85. The first-order chi connectivity index (χ1) is 4.20. The molecule has 0 bridgehead atoms. The standard InChI is InChI=1S/C5H6Cl2N2/c6-3-1-5(7)9-2-4(3)8/h1-2,5,9H,8H2. The van der Waals surface area contributed by atoms with Crippen LogP contribution in [0.3, 0.4) is 0 Å². The number of hydrogen-bond acceptors (Lipinski definition) is 2. The lowest BCUT2D eigenvalue weighted by atomic mass is 10.3. The topological polar surface area (TPSA) is 38.0 Å². The van der Waals surface area contributed by atoms with E-state index < -0.39 is 0 Å². The molecule has 0 aromatic carbocycles. The van der Waals surface area contributed by atoms with Crippen LogP contribution >= 0.6 is 23.2 Å². The monoisotopic (exact) mass is 164 g/mol. The molecule has 0 fully saturated rings. The van der Waals surface area contributed by atoms with Gasteiger partial charge in [0, 0.05) is 6.20 Å². The highest BCUT2D eigenvalue weighted by Crippen LogP contribution is 2.14. The lowest BCUT2D eigenvalue weighted by Crippen LogP contribution is -2.22. The van der Waals surface area contributed by atoms with Crippen LogP contribution in [0.2, 0.25) is 0 Å². The molecule has 1 aliphatic rings. The number of hydrogen-bond donors (Lipinski definition) is 2. The number of dihydropyridines is 1. The zero-order valence-electron chi connectivity index (χ0n) is 4.57. The molecule has 1 heterocycles. The molecular formula is C5H6Cl2N2. The Morgan fingerprint density at radius 1 is 1.67 bits per heavy atom. The van der Waals surface area contributed by atoms with Crippen molar-refractivity contribution in [1.82, 2.24) is 5.32 Å². The third-order valence-corrected chi connectivity index (χ3v) is 1.56. The Morgan fingerprint density at radius 2 is 2.33 bits per heavy atom. The quantitative estimate of drug-likeness (QED) is 0.416. The van der Waals surface area contributed by atoms with Gasteiger partial charge in [-0.1, -0.05) is 23.2 Å². The van der Waals surface area contributed by atoms with Gasteiger partial charge in [0.15, 0.2) is 0 Å². The second kappa shape index (κ2) is 2.50. The van der Waals surface area contributed by atoms with Gasteiger partial charge in [0.25, 0.3) is 0 Å². The van der Waals surface area contributed by atoms with Gasteiger partial charge in [-0.2, -0.15) is 0 Å². The minimum atomic E-state index is -0.232. The maximum Gasteiger partial charge on any atom is 0.121 e. The average Bonchev–Trinajstić information content (AvgIpc) is 1.80. The molecule has 50 valence electrons. The molecule has 4 heteroatoms. The number of nitrogens with one attached hydrogen (secondary N) is 1. The second-order valence-electron chi connectivity index (χ2n) is 1.68. The van der Waals surface area contributed by atoms with Crippen LogP contribution in [0.4, 0.5) is 0 Å². The molecule has 0 radical (unpaired) electrons. The van der Waals surface area contributed by atoms with Crippen LogP contribution in [0.15, 0.2) is 23.0 Å². The molecule has 1 rings (SSSR count). The summed E-state index contributed by atoms with van der Waals surface area (Å²) in [5.74, 6) is 0. The first-order valence-corrected chi connectivity index (χ1v) is 3.25. The molecule has 0 amide bonds. The Balaban J connectivity index is 2.75. The first kappa shape index (κ1) is 6.78. The third kappa shape index (κ3) is 1.53.